The number of para-hydroxylation sites is 2. The van der Waals surface area contributed by atoms with Crippen molar-refractivity contribution in [1.29, 1.82) is 0 Å². The Morgan fingerprint density at radius 3 is 1.51 bits per heavy atom. The first-order chi connectivity index (χ1) is 31.6. The van der Waals surface area contributed by atoms with Gasteiger partial charge in [-0.2, -0.15) is 0 Å². The van der Waals surface area contributed by atoms with Crippen molar-refractivity contribution in [3.63, 3.8) is 0 Å². The fraction of sp³-hybridized carbons (Fsp3) is 0.296. The van der Waals surface area contributed by atoms with Crippen molar-refractivity contribution in [1.82, 2.24) is 5.32 Å². The first-order valence-corrected chi connectivity index (χ1v) is 23.1. The maximum atomic E-state index is 12.9. The topological polar surface area (TPSA) is 135 Å². The molecule has 6 aromatic rings. The zero-order valence-corrected chi connectivity index (χ0v) is 38.8. The molecule has 2 aliphatic heterocycles. The Labute approximate surface area is 393 Å². The van der Waals surface area contributed by atoms with Crippen LogP contribution in [0.4, 0.5) is 22.7 Å². The smallest absolute Gasteiger partial charge is 0.194 e. The lowest BCUT2D eigenvalue weighted by molar-refractivity contribution is 0.103. The Morgan fingerprint density at radius 1 is 0.615 bits per heavy atom. The SMILES string of the molecule is Cc1ccccc1C(=O)c1ccc(Nc2ccccc2CCNCC2CCCO2)cc1Cl.Cc1ccccc1C(=O)c1ccc(Nc2ccccc2CCO)cc1Cl.NCC1CCCO1. The number of halogens is 2. The van der Waals surface area contributed by atoms with E-state index in [0.717, 1.165) is 91.4 Å². The quantitative estimate of drug-likeness (QED) is 0.0475. The second-order valence-electron chi connectivity index (χ2n) is 16.2. The fourth-order valence-corrected chi connectivity index (χ4v) is 8.31. The maximum absolute atomic E-state index is 12.9. The van der Waals surface area contributed by atoms with Gasteiger partial charge in [0.1, 0.15) is 0 Å². The van der Waals surface area contributed by atoms with Crippen LogP contribution in [-0.4, -0.2) is 68.3 Å². The summed E-state index contributed by atoms with van der Waals surface area (Å²) < 4.78 is 10.8. The molecule has 6 N–H and O–H groups in total. The number of benzene rings is 6. The number of hydrogen-bond donors (Lipinski definition) is 5. The van der Waals surface area contributed by atoms with E-state index in [1.165, 1.54) is 12.0 Å². The highest BCUT2D eigenvalue weighted by atomic mass is 35.5. The van der Waals surface area contributed by atoms with Crippen molar-refractivity contribution in [2.75, 3.05) is 50.1 Å². The van der Waals surface area contributed by atoms with Crippen LogP contribution in [0, 0.1) is 13.8 Å². The van der Waals surface area contributed by atoms with Gasteiger partial charge in [-0.05, 0) is 130 Å². The van der Waals surface area contributed by atoms with E-state index in [1.54, 1.807) is 18.2 Å². The molecule has 0 amide bonds. The molecule has 6 aromatic carbocycles. The molecule has 0 aliphatic carbocycles. The third-order valence-corrected chi connectivity index (χ3v) is 12.1. The summed E-state index contributed by atoms with van der Waals surface area (Å²) in [6.07, 6.45) is 6.88. The molecular weight excluding hydrogens is 856 g/mol. The molecule has 0 bridgehead atoms. The van der Waals surface area contributed by atoms with E-state index in [2.05, 4.69) is 34.1 Å². The number of aryl methyl sites for hydroxylation is 2. The molecule has 0 saturated carbocycles. The van der Waals surface area contributed by atoms with Crippen molar-refractivity contribution >= 4 is 57.5 Å². The first kappa shape index (κ1) is 49.1. The van der Waals surface area contributed by atoms with Gasteiger partial charge in [0.25, 0.3) is 0 Å². The maximum Gasteiger partial charge on any atom is 0.194 e. The summed E-state index contributed by atoms with van der Waals surface area (Å²) in [7, 11) is 0. The van der Waals surface area contributed by atoms with E-state index in [1.807, 2.05) is 111 Å². The number of ketones is 2. The minimum absolute atomic E-state index is 0.0580. The Hall–Kier alpha value is -5.36. The first-order valence-electron chi connectivity index (χ1n) is 22.4. The Bertz CT molecular complexity index is 2480. The van der Waals surface area contributed by atoms with E-state index >= 15 is 0 Å². The average Bonchev–Trinajstić information content (AvgIpc) is 4.05. The predicted molar refractivity (Wildman–Crippen MR) is 266 cm³/mol. The summed E-state index contributed by atoms with van der Waals surface area (Å²) >= 11 is 12.9. The number of nitrogens with one attached hydrogen (secondary N) is 3. The van der Waals surface area contributed by atoms with E-state index in [0.29, 0.717) is 57.5 Å². The molecule has 2 fully saturated rings. The van der Waals surface area contributed by atoms with E-state index in [-0.39, 0.29) is 18.2 Å². The highest BCUT2D eigenvalue weighted by Crippen LogP contribution is 2.30. The van der Waals surface area contributed by atoms with Gasteiger partial charge < -0.3 is 36.3 Å². The summed E-state index contributed by atoms with van der Waals surface area (Å²) in [6.45, 7) is 8.23. The number of carbonyl (C=O) groups is 2. The Kier molecular flexibility index (Phi) is 19.2. The molecule has 11 heteroatoms. The van der Waals surface area contributed by atoms with Crippen molar-refractivity contribution in [2.45, 2.75) is 64.6 Å². The number of ether oxygens (including phenoxy) is 2. The van der Waals surface area contributed by atoms with Crippen LogP contribution in [0.15, 0.2) is 133 Å². The van der Waals surface area contributed by atoms with E-state index in [9.17, 15) is 14.7 Å². The molecule has 2 aliphatic rings. The van der Waals surface area contributed by atoms with Gasteiger partial charge in [0.15, 0.2) is 11.6 Å². The number of carbonyl (C=O) groups excluding carboxylic acids is 2. The lowest BCUT2D eigenvalue weighted by Gasteiger charge is -2.15. The lowest BCUT2D eigenvalue weighted by Crippen LogP contribution is -2.28. The van der Waals surface area contributed by atoms with Crippen LogP contribution in [-0.2, 0) is 22.3 Å². The Balaban J connectivity index is 0.000000190. The van der Waals surface area contributed by atoms with Crippen LogP contribution in [0.2, 0.25) is 10.0 Å². The largest absolute Gasteiger partial charge is 0.396 e. The molecule has 9 nitrogen and oxygen atoms in total. The Morgan fingerprint density at radius 2 is 1.08 bits per heavy atom. The van der Waals surface area contributed by atoms with Gasteiger partial charge in [0.05, 0.1) is 22.3 Å². The van der Waals surface area contributed by atoms with Crippen molar-refractivity contribution in [3.8, 4) is 0 Å². The van der Waals surface area contributed by atoms with Crippen LogP contribution < -0.4 is 21.7 Å². The molecule has 65 heavy (non-hydrogen) atoms. The standard InChI is InChI=1S/C27H29ClN2O2.C22H20ClNO2.C5H11NO/c1-19-7-2-4-10-23(19)27(31)24-13-12-21(17-25(24)28)30-26-11-5-3-8-20(26)14-15-29-18-22-9-6-16-32-22;1-15-6-2-4-8-18(15)22(26)19-11-10-17(14-20(19)23)24-21-9-5-3-7-16(21)12-13-25;6-4-5-2-1-3-7-5/h2-5,7-8,10-13,17,22,29-30H,6,9,14-16,18H2,1H3;2-11,14,24-25H,12-13H2,1H3;5H,1-4,6H2. The van der Waals surface area contributed by atoms with Gasteiger partial charge in [0, 0.05) is 77.9 Å². The number of aliphatic hydroxyl groups excluding tert-OH is 1. The van der Waals surface area contributed by atoms with Gasteiger partial charge in [0.2, 0.25) is 0 Å². The molecule has 8 rings (SSSR count). The van der Waals surface area contributed by atoms with Crippen molar-refractivity contribution < 1.29 is 24.2 Å². The van der Waals surface area contributed by atoms with Crippen LogP contribution in [0.1, 0.15) is 79.8 Å². The summed E-state index contributed by atoms with van der Waals surface area (Å²) in [5, 5.41) is 20.3. The second kappa shape index (κ2) is 25.4. The predicted octanol–water partition coefficient (Wildman–Crippen LogP) is 11.2. The van der Waals surface area contributed by atoms with Crippen LogP contribution in [0.3, 0.4) is 0 Å². The number of rotatable bonds is 16. The third kappa shape index (κ3) is 14.3. The molecule has 2 unspecified atom stereocenters. The van der Waals surface area contributed by atoms with Crippen LogP contribution in [0.5, 0.6) is 0 Å². The molecular formula is C54H60Cl2N4O5. The van der Waals surface area contributed by atoms with E-state index < -0.39 is 0 Å². The van der Waals surface area contributed by atoms with Gasteiger partial charge in [-0.15, -0.1) is 0 Å². The number of anilines is 4. The van der Waals surface area contributed by atoms with Crippen LogP contribution in [0.25, 0.3) is 0 Å². The molecule has 340 valence electrons. The number of aliphatic hydroxyl groups is 1. The highest BCUT2D eigenvalue weighted by Gasteiger charge is 2.18. The van der Waals surface area contributed by atoms with Crippen LogP contribution >= 0.6 is 23.2 Å². The minimum atomic E-state index is -0.0830. The monoisotopic (exact) mass is 914 g/mol. The minimum Gasteiger partial charge on any atom is -0.396 e. The highest BCUT2D eigenvalue weighted by molar-refractivity contribution is 6.36. The summed E-state index contributed by atoms with van der Waals surface area (Å²) in [6, 6.07) is 42.0. The third-order valence-electron chi connectivity index (χ3n) is 11.4. The fourth-order valence-electron chi connectivity index (χ4n) is 7.77. The zero-order valence-electron chi connectivity index (χ0n) is 37.3. The lowest BCUT2D eigenvalue weighted by atomic mass is 9.99. The molecule has 2 atom stereocenters. The van der Waals surface area contributed by atoms with Crippen molar-refractivity contribution in [3.05, 3.63) is 188 Å². The summed E-state index contributed by atoms with van der Waals surface area (Å²) in [5.41, 5.74) is 15.4. The van der Waals surface area contributed by atoms with E-state index in [4.69, 9.17) is 38.4 Å². The summed E-state index contributed by atoms with van der Waals surface area (Å²) in [4.78, 5) is 25.7. The molecule has 2 saturated heterocycles. The van der Waals surface area contributed by atoms with Crippen molar-refractivity contribution in [2.24, 2.45) is 5.73 Å². The molecule has 0 spiro atoms. The number of hydrogen-bond acceptors (Lipinski definition) is 9. The van der Waals surface area contributed by atoms with Gasteiger partial charge >= 0.3 is 0 Å². The molecule has 0 radical (unpaired) electrons. The number of nitrogens with two attached hydrogens (primary N) is 1. The zero-order chi connectivity index (χ0) is 46.0. The average molecular weight is 916 g/mol. The molecule has 2 heterocycles. The van der Waals surface area contributed by atoms with Gasteiger partial charge in [-0.25, -0.2) is 0 Å². The van der Waals surface area contributed by atoms with Gasteiger partial charge in [-0.3, -0.25) is 9.59 Å². The summed E-state index contributed by atoms with van der Waals surface area (Å²) in [5.74, 6) is -0.141. The van der Waals surface area contributed by atoms with Gasteiger partial charge in [-0.1, -0.05) is 108 Å². The molecule has 0 aromatic heterocycles. The normalized spacial score (nSPS) is 15.3. The second-order valence-corrected chi connectivity index (χ2v) is 17.0.